The molecule has 2 aliphatic rings. The van der Waals surface area contributed by atoms with E-state index in [4.69, 9.17) is 9.94 Å². The summed E-state index contributed by atoms with van der Waals surface area (Å²) in [4.78, 5) is 30.8. The first-order valence-corrected chi connectivity index (χ1v) is 14.0. The van der Waals surface area contributed by atoms with Gasteiger partial charge in [0.1, 0.15) is 18.4 Å². The SMILES string of the molecule is Cc1cc(COc2ccc(S(=O)(=O)N3CCN(C(=O)C(C)C)C(C(=O)NO)C3)cc2)c2c(n1)CCCC2. The molecule has 4 rings (SSSR count). The van der Waals surface area contributed by atoms with Crippen LogP contribution >= 0.6 is 0 Å². The summed E-state index contributed by atoms with van der Waals surface area (Å²) in [6.07, 6.45) is 4.26. The predicted molar refractivity (Wildman–Crippen MR) is 135 cm³/mol. The molecule has 37 heavy (non-hydrogen) atoms. The maximum absolute atomic E-state index is 13.3. The van der Waals surface area contributed by atoms with Gasteiger partial charge in [0.2, 0.25) is 15.9 Å². The van der Waals surface area contributed by atoms with Gasteiger partial charge in [-0.1, -0.05) is 13.8 Å². The molecular weight excluding hydrogens is 496 g/mol. The zero-order valence-corrected chi connectivity index (χ0v) is 22.3. The maximum atomic E-state index is 13.3. The normalized spacial score (nSPS) is 18.4. The van der Waals surface area contributed by atoms with E-state index in [9.17, 15) is 18.0 Å². The fourth-order valence-corrected chi connectivity index (χ4v) is 6.40. The number of aryl methyl sites for hydroxylation is 2. The van der Waals surface area contributed by atoms with Gasteiger partial charge in [0.25, 0.3) is 5.91 Å². The second-order valence-electron chi connectivity index (χ2n) is 9.86. The van der Waals surface area contributed by atoms with Crippen molar-refractivity contribution >= 4 is 21.8 Å². The van der Waals surface area contributed by atoms with E-state index in [0.717, 1.165) is 42.6 Å². The van der Waals surface area contributed by atoms with Crippen LogP contribution in [0.5, 0.6) is 5.75 Å². The third-order valence-electron chi connectivity index (χ3n) is 6.91. The van der Waals surface area contributed by atoms with Crippen LogP contribution in [-0.4, -0.2) is 65.3 Å². The zero-order valence-electron chi connectivity index (χ0n) is 21.4. The monoisotopic (exact) mass is 530 g/mol. The number of ether oxygens (including phenoxy) is 1. The molecule has 200 valence electrons. The second-order valence-corrected chi connectivity index (χ2v) is 11.8. The molecule has 1 unspecified atom stereocenters. The fourth-order valence-electron chi connectivity index (χ4n) is 4.96. The van der Waals surface area contributed by atoms with Gasteiger partial charge in [-0.15, -0.1) is 0 Å². The number of carbonyl (C=O) groups is 2. The van der Waals surface area contributed by atoms with Gasteiger partial charge in [0.15, 0.2) is 0 Å². The highest BCUT2D eigenvalue weighted by Crippen LogP contribution is 2.27. The van der Waals surface area contributed by atoms with Crippen LogP contribution in [0.25, 0.3) is 0 Å². The van der Waals surface area contributed by atoms with E-state index in [1.807, 2.05) is 13.0 Å². The smallest absolute Gasteiger partial charge is 0.267 e. The van der Waals surface area contributed by atoms with Crippen molar-refractivity contribution in [2.45, 2.75) is 64.0 Å². The summed E-state index contributed by atoms with van der Waals surface area (Å²) in [7, 11) is -3.94. The number of benzene rings is 1. The van der Waals surface area contributed by atoms with E-state index >= 15 is 0 Å². The number of carbonyl (C=O) groups excluding carboxylic acids is 2. The minimum atomic E-state index is -3.94. The molecule has 1 saturated heterocycles. The van der Waals surface area contributed by atoms with Gasteiger partial charge in [-0.25, -0.2) is 13.9 Å². The van der Waals surface area contributed by atoms with Gasteiger partial charge in [-0.2, -0.15) is 4.31 Å². The van der Waals surface area contributed by atoms with Gasteiger partial charge in [-0.05, 0) is 74.1 Å². The van der Waals surface area contributed by atoms with Gasteiger partial charge in [0.05, 0.1) is 4.90 Å². The van der Waals surface area contributed by atoms with Gasteiger partial charge in [0, 0.05) is 36.9 Å². The third kappa shape index (κ3) is 5.78. The predicted octanol–water partition coefficient (Wildman–Crippen LogP) is 2.21. The lowest BCUT2D eigenvalue weighted by molar-refractivity contribution is -0.148. The molecule has 0 spiro atoms. The van der Waals surface area contributed by atoms with Crippen LogP contribution in [0.3, 0.4) is 0 Å². The Hall–Kier alpha value is -3.02. The van der Waals surface area contributed by atoms with Crippen LogP contribution in [-0.2, 0) is 39.1 Å². The molecule has 2 heterocycles. The molecule has 1 aliphatic carbocycles. The minimum absolute atomic E-state index is 0.0424. The number of amides is 2. The number of hydrogen-bond donors (Lipinski definition) is 2. The number of aromatic nitrogens is 1. The first kappa shape index (κ1) is 27.0. The molecule has 10 nitrogen and oxygen atoms in total. The lowest BCUT2D eigenvalue weighted by Crippen LogP contribution is -2.61. The van der Waals surface area contributed by atoms with Gasteiger partial charge < -0.3 is 9.64 Å². The maximum Gasteiger partial charge on any atom is 0.267 e. The number of nitrogens with one attached hydrogen (secondary N) is 1. The molecule has 1 atom stereocenters. The van der Waals surface area contributed by atoms with Crippen LogP contribution in [0.15, 0.2) is 35.2 Å². The summed E-state index contributed by atoms with van der Waals surface area (Å²) in [5.41, 5.74) is 6.03. The van der Waals surface area contributed by atoms with Gasteiger partial charge in [-0.3, -0.25) is 19.8 Å². The van der Waals surface area contributed by atoms with Crippen molar-refractivity contribution in [2.24, 2.45) is 5.92 Å². The van der Waals surface area contributed by atoms with Crippen molar-refractivity contribution in [3.05, 3.63) is 52.8 Å². The first-order chi connectivity index (χ1) is 17.6. The Bertz CT molecular complexity index is 1260. The van der Waals surface area contributed by atoms with Crippen molar-refractivity contribution in [1.82, 2.24) is 19.7 Å². The Morgan fingerprint density at radius 1 is 1.16 bits per heavy atom. The van der Waals surface area contributed by atoms with E-state index in [-0.39, 0.29) is 36.4 Å². The summed E-state index contributed by atoms with van der Waals surface area (Å²) < 4.78 is 33.8. The van der Waals surface area contributed by atoms with E-state index in [0.29, 0.717) is 12.4 Å². The number of piperazine rings is 1. The van der Waals surface area contributed by atoms with Crippen LogP contribution in [0.2, 0.25) is 0 Å². The number of pyridine rings is 1. The fraction of sp³-hybridized carbons (Fsp3) is 0.500. The lowest BCUT2D eigenvalue weighted by atomic mass is 9.92. The van der Waals surface area contributed by atoms with E-state index < -0.39 is 22.0 Å². The molecule has 11 heteroatoms. The Morgan fingerprint density at radius 3 is 2.54 bits per heavy atom. The van der Waals surface area contributed by atoms with Crippen LogP contribution < -0.4 is 10.2 Å². The average molecular weight is 531 g/mol. The molecule has 2 aromatic rings. The van der Waals surface area contributed by atoms with Crippen LogP contribution in [0, 0.1) is 12.8 Å². The van der Waals surface area contributed by atoms with Crippen LogP contribution in [0.4, 0.5) is 0 Å². The number of fused-ring (bicyclic) bond motifs is 1. The molecule has 2 N–H and O–H groups in total. The molecule has 1 aliphatic heterocycles. The lowest BCUT2D eigenvalue weighted by Gasteiger charge is -2.40. The molecular formula is C26H34N4O6S. The molecule has 0 bridgehead atoms. The Kier molecular flexibility index (Phi) is 8.15. The highest BCUT2D eigenvalue weighted by Gasteiger charge is 2.40. The Balaban J connectivity index is 1.46. The number of sulfonamides is 1. The number of nitrogens with zero attached hydrogens (tertiary/aromatic N) is 3. The Labute approximate surface area is 217 Å². The van der Waals surface area contributed by atoms with Crippen molar-refractivity contribution in [3.8, 4) is 5.75 Å². The minimum Gasteiger partial charge on any atom is -0.489 e. The van der Waals surface area contributed by atoms with Crippen molar-refractivity contribution < 1.29 is 28.0 Å². The number of hydrogen-bond acceptors (Lipinski definition) is 7. The molecule has 1 aromatic heterocycles. The summed E-state index contributed by atoms with van der Waals surface area (Å²) in [6, 6.07) is 7.11. The summed E-state index contributed by atoms with van der Waals surface area (Å²) >= 11 is 0. The molecule has 0 saturated carbocycles. The number of rotatable bonds is 7. The van der Waals surface area contributed by atoms with E-state index in [1.165, 1.54) is 26.9 Å². The standard InChI is InChI=1S/C26H34N4O6S/c1-17(2)26(32)30-13-12-29(15-24(30)25(31)28-33)37(34,35)21-10-8-20(9-11-21)36-16-19-14-18(3)27-23-7-5-4-6-22(19)23/h8-11,14,17,24,33H,4-7,12-13,15-16H2,1-3H3,(H,28,31). The molecule has 2 amide bonds. The first-order valence-electron chi connectivity index (χ1n) is 12.6. The van der Waals surface area contributed by atoms with Crippen molar-refractivity contribution in [3.63, 3.8) is 0 Å². The van der Waals surface area contributed by atoms with Crippen molar-refractivity contribution in [1.29, 1.82) is 0 Å². The Morgan fingerprint density at radius 2 is 1.86 bits per heavy atom. The highest BCUT2D eigenvalue weighted by molar-refractivity contribution is 7.89. The number of hydroxylamine groups is 1. The van der Waals surface area contributed by atoms with E-state index in [2.05, 4.69) is 4.98 Å². The quantitative estimate of drug-likeness (QED) is 0.415. The third-order valence-corrected chi connectivity index (χ3v) is 8.79. The molecule has 0 radical (unpaired) electrons. The zero-order chi connectivity index (χ0) is 26.7. The average Bonchev–Trinajstić information content (AvgIpc) is 2.90. The van der Waals surface area contributed by atoms with E-state index in [1.54, 1.807) is 31.5 Å². The summed E-state index contributed by atoms with van der Waals surface area (Å²) in [6.45, 7) is 5.60. The van der Waals surface area contributed by atoms with Gasteiger partial charge >= 0.3 is 0 Å². The van der Waals surface area contributed by atoms with Crippen molar-refractivity contribution in [2.75, 3.05) is 19.6 Å². The molecule has 1 aromatic carbocycles. The summed E-state index contributed by atoms with van der Waals surface area (Å²) in [5, 5.41) is 9.15. The largest absolute Gasteiger partial charge is 0.489 e. The topological polar surface area (TPSA) is 129 Å². The second kappa shape index (κ2) is 11.2. The molecule has 1 fully saturated rings. The summed E-state index contributed by atoms with van der Waals surface area (Å²) in [5.74, 6) is -0.932. The highest BCUT2D eigenvalue weighted by atomic mass is 32.2. The van der Waals surface area contributed by atoms with Crippen LogP contribution in [0.1, 0.15) is 49.2 Å².